The second-order valence-corrected chi connectivity index (χ2v) is 7.35. The summed E-state index contributed by atoms with van der Waals surface area (Å²) < 4.78 is 0. The molecule has 0 bridgehead atoms. The number of carbonyl (C=O) groups excluding carboxylic acids is 1. The van der Waals surface area contributed by atoms with Gasteiger partial charge in [0.05, 0.1) is 11.4 Å². The van der Waals surface area contributed by atoms with E-state index in [4.69, 9.17) is 0 Å². The summed E-state index contributed by atoms with van der Waals surface area (Å²) >= 11 is 0. The average molecular weight is 383 g/mol. The van der Waals surface area contributed by atoms with Crippen molar-refractivity contribution in [1.82, 2.24) is 5.43 Å². The van der Waals surface area contributed by atoms with Gasteiger partial charge in [0, 0.05) is 6.21 Å². The predicted octanol–water partition coefficient (Wildman–Crippen LogP) is 5.72. The third kappa shape index (κ3) is 4.72. The zero-order valence-corrected chi connectivity index (χ0v) is 16.4. The van der Waals surface area contributed by atoms with Gasteiger partial charge in [-0.15, -0.1) is 0 Å². The Labute approximate surface area is 171 Å². The minimum absolute atomic E-state index is 0.271. The van der Waals surface area contributed by atoms with Crippen LogP contribution in [0.3, 0.4) is 0 Å². The van der Waals surface area contributed by atoms with Crippen LogP contribution in [0.25, 0.3) is 0 Å². The van der Waals surface area contributed by atoms with Crippen molar-refractivity contribution >= 4 is 23.6 Å². The highest BCUT2D eigenvalue weighted by atomic mass is 16.2. The summed E-state index contributed by atoms with van der Waals surface area (Å²) in [6.07, 6.45) is 6.07. The zero-order valence-electron chi connectivity index (χ0n) is 16.4. The van der Waals surface area contributed by atoms with Gasteiger partial charge in [-0.3, -0.25) is 4.90 Å². The van der Waals surface area contributed by atoms with Gasteiger partial charge in [0.2, 0.25) is 0 Å². The van der Waals surface area contributed by atoms with Gasteiger partial charge in [0.25, 0.3) is 0 Å². The Balaban J connectivity index is 1.38. The lowest BCUT2D eigenvalue weighted by Crippen LogP contribution is -2.34. The maximum atomic E-state index is 12.9. The first-order chi connectivity index (χ1) is 14.3. The van der Waals surface area contributed by atoms with E-state index < -0.39 is 0 Å². The highest BCUT2D eigenvalue weighted by Crippen LogP contribution is 2.27. The van der Waals surface area contributed by atoms with Crippen LogP contribution in [0.2, 0.25) is 0 Å². The monoisotopic (exact) mass is 383 g/mol. The molecule has 1 N–H and O–H groups in total. The molecule has 2 amide bonds. The molecule has 0 spiro atoms. The second kappa shape index (κ2) is 9.20. The number of urea groups is 1. The summed E-state index contributed by atoms with van der Waals surface area (Å²) in [7, 11) is 0. The first kappa shape index (κ1) is 18.9. The third-order valence-corrected chi connectivity index (χ3v) is 5.37. The van der Waals surface area contributed by atoms with Crippen LogP contribution in [-0.2, 0) is 12.8 Å². The van der Waals surface area contributed by atoms with E-state index in [-0.39, 0.29) is 6.03 Å². The average Bonchev–Trinajstić information content (AvgIpc) is 2.78. The fraction of sp³-hybridized carbons (Fsp3) is 0.200. The minimum Gasteiger partial charge on any atom is -0.262 e. The number of para-hydroxylation sites is 2. The van der Waals surface area contributed by atoms with Gasteiger partial charge >= 0.3 is 6.03 Å². The number of nitrogens with one attached hydrogen (secondary N) is 1. The quantitative estimate of drug-likeness (QED) is 0.445. The number of benzene rings is 3. The van der Waals surface area contributed by atoms with Crippen LogP contribution in [0.4, 0.5) is 16.2 Å². The molecule has 0 saturated carbocycles. The van der Waals surface area contributed by atoms with E-state index >= 15 is 0 Å². The molecule has 3 aromatic carbocycles. The molecule has 0 saturated heterocycles. The van der Waals surface area contributed by atoms with E-state index in [9.17, 15) is 4.79 Å². The van der Waals surface area contributed by atoms with Gasteiger partial charge in [-0.2, -0.15) is 5.10 Å². The van der Waals surface area contributed by atoms with Gasteiger partial charge in [0.1, 0.15) is 0 Å². The molecule has 1 aliphatic carbocycles. The van der Waals surface area contributed by atoms with Crippen LogP contribution >= 0.6 is 0 Å². The summed E-state index contributed by atoms with van der Waals surface area (Å²) in [5.74, 6) is 0.574. The number of hydrogen-bond donors (Lipinski definition) is 1. The lowest BCUT2D eigenvalue weighted by Gasteiger charge is -2.23. The van der Waals surface area contributed by atoms with Crippen molar-refractivity contribution in [1.29, 1.82) is 0 Å². The van der Waals surface area contributed by atoms with Crippen LogP contribution in [0.15, 0.2) is 90.0 Å². The molecule has 1 aliphatic rings. The fourth-order valence-electron chi connectivity index (χ4n) is 3.86. The van der Waals surface area contributed by atoms with E-state index in [1.54, 1.807) is 4.90 Å². The van der Waals surface area contributed by atoms with E-state index in [1.807, 2.05) is 66.9 Å². The molecule has 29 heavy (non-hydrogen) atoms. The SMILES string of the molecule is O=C(N/N=C/CC1CCc2ccccc2C1)N(c1ccccc1)c1ccccc1. The Morgan fingerprint density at radius 1 is 0.897 bits per heavy atom. The highest BCUT2D eigenvalue weighted by molar-refractivity contribution is 5.99. The summed E-state index contributed by atoms with van der Waals surface area (Å²) in [5, 5.41) is 4.23. The number of carbonyl (C=O) groups is 1. The number of hydrazone groups is 1. The fourth-order valence-corrected chi connectivity index (χ4v) is 3.86. The Bertz CT molecular complexity index is 930. The number of nitrogens with zero attached hydrogens (tertiary/aromatic N) is 2. The molecule has 146 valence electrons. The van der Waals surface area contributed by atoms with E-state index in [2.05, 4.69) is 34.8 Å². The second-order valence-electron chi connectivity index (χ2n) is 7.35. The topological polar surface area (TPSA) is 44.7 Å². The van der Waals surface area contributed by atoms with E-state index in [0.717, 1.165) is 37.1 Å². The molecular weight excluding hydrogens is 358 g/mol. The summed E-state index contributed by atoms with van der Waals surface area (Å²) in [6, 6.07) is 27.6. The summed E-state index contributed by atoms with van der Waals surface area (Å²) in [5.41, 5.74) is 7.21. The van der Waals surface area contributed by atoms with Gasteiger partial charge < -0.3 is 0 Å². The number of hydrogen-bond acceptors (Lipinski definition) is 2. The van der Waals surface area contributed by atoms with Gasteiger partial charge in [-0.1, -0.05) is 60.7 Å². The van der Waals surface area contributed by atoms with Crippen molar-refractivity contribution in [3.63, 3.8) is 0 Å². The van der Waals surface area contributed by atoms with Crippen LogP contribution in [0.5, 0.6) is 0 Å². The largest absolute Gasteiger partial charge is 0.346 e. The van der Waals surface area contributed by atoms with Crippen molar-refractivity contribution in [3.8, 4) is 0 Å². The van der Waals surface area contributed by atoms with Crippen molar-refractivity contribution in [2.45, 2.75) is 25.7 Å². The molecule has 4 rings (SSSR count). The normalized spacial score (nSPS) is 15.7. The van der Waals surface area contributed by atoms with Crippen LogP contribution in [-0.4, -0.2) is 12.2 Å². The van der Waals surface area contributed by atoms with Gasteiger partial charge in [0.15, 0.2) is 0 Å². The first-order valence-corrected chi connectivity index (χ1v) is 10.1. The molecule has 4 heteroatoms. The van der Waals surface area contributed by atoms with Crippen LogP contribution in [0, 0.1) is 5.92 Å². The standard InChI is InChI=1S/C25H25N3O/c29-25(28(23-11-3-1-4-12-23)24-13-5-2-6-14-24)27-26-18-17-20-15-16-21-9-7-8-10-22(21)19-20/h1-14,18,20H,15-17,19H2,(H,27,29)/b26-18+. The van der Waals surface area contributed by atoms with Crippen LogP contribution in [0.1, 0.15) is 24.0 Å². The number of aryl methyl sites for hydroxylation is 1. The van der Waals surface area contributed by atoms with Crippen molar-refractivity contribution in [2.75, 3.05) is 4.90 Å². The highest BCUT2D eigenvalue weighted by Gasteiger charge is 2.18. The van der Waals surface area contributed by atoms with E-state index in [0.29, 0.717) is 5.92 Å². The molecular formula is C25H25N3O. The lowest BCUT2D eigenvalue weighted by molar-refractivity contribution is 0.249. The molecule has 0 radical (unpaired) electrons. The molecule has 0 aliphatic heterocycles. The zero-order chi connectivity index (χ0) is 19.9. The molecule has 0 fully saturated rings. The lowest BCUT2D eigenvalue weighted by atomic mass is 9.82. The Morgan fingerprint density at radius 3 is 2.14 bits per heavy atom. The van der Waals surface area contributed by atoms with Gasteiger partial charge in [-0.25, -0.2) is 10.2 Å². The Hall–Kier alpha value is -3.40. The smallest absolute Gasteiger partial charge is 0.262 e. The number of amides is 2. The van der Waals surface area contributed by atoms with Crippen LogP contribution < -0.4 is 10.3 Å². The minimum atomic E-state index is -0.271. The predicted molar refractivity (Wildman–Crippen MR) is 119 cm³/mol. The Morgan fingerprint density at radius 2 is 1.48 bits per heavy atom. The Kier molecular flexibility index (Phi) is 6.01. The summed E-state index contributed by atoms with van der Waals surface area (Å²) in [6.45, 7) is 0. The molecule has 0 heterocycles. The first-order valence-electron chi connectivity index (χ1n) is 10.1. The molecule has 3 aromatic rings. The van der Waals surface area contributed by atoms with E-state index in [1.165, 1.54) is 11.1 Å². The molecule has 1 unspecified atom stereocenters. The van der Waals surface area contributed by atoms with Gasteiger partial charge in [-0.05, 0) is 67.0 Å². The number of rotatable bonds is 5. The van der Waals surface area contributed by atoms with Crippen molar-refractivity contribution in [3.05, 3.63) is 96.1 Å². The molecule has 4 nitrogen and oxygen atoms in total. The maximum absolute atomic E-state index is 12.9. The number of anilines is 2. The third-order valence-electron chi connectivity index (χ3n) is 5.37. The maximum Gasteiger partial charge on any atom is 0.346 e. The molecule has 0 aromatic heterocycles. The molecule has 1 atom stereocenters. The van der Waals surface area contributed by atoms with Crippen molar-refractivity contribution < 1.29 is 4.79 Å². The summed E-state index contributed by atoms with van der Waals surface area (Å²) in [4.78, 5) is 14.5. The van der Waals surface area contributed by atoms with Crippen molar-refractivity contribution in [2.24, 2.45) is 11.0 Å². The number of fused-ring (bicyclic) bond motifs is 1.